The van der Waals surface area contributed by atoms with Crippen molar-refractivity contribution in [3.63, 3.8) is 0 Å². The Balaban J connectivity index is 2.18. The van der Waals surface area contributed by atoms with Gasteiger partial charge in [-0.2, -0.15) is 0 Å². The van der Waals surface area contributed by atoms with Crippen molar-refractivity contribution in [1.29, 1.82) is 0 Å². The topological polar surface area (TPSA) is 37.8 Å². The molecule has 1 N–H and O–H groups in total. The van der Waals surface area contributed by atoms with Crippen LogP contribution in [0.4, 0.5) is 11.6 Å². The molecule has 15 heavy (non-hydrogen) atoms. The average molecular weight is 311 g/mol. The number of halogens is 1. The molecule has 0 atom stereocenters. The molecule has 0 unspecified atom stereocenters. The summed E-state index contributed by atoms with van der Waals surface area (Å²) < 4.78 is 1.12. The van der Waals surface area contributed by atoms with Gasteiger partial charge in [0.25, 0.3) is 0 Å². The molecule has 2 heterocycles. The average Bonchev–Trinajstić information content (AvgIpc) is 2.22. The van der Waals surface area contributed by atoms with E-state index in [0.29, 0.717) is 0 Å². The Morgan fingerprint density at radius 1 is 1.13 bits per heavy atom. The smallest absolute Gasteiger partial charge is 0.131 e. The van der Waals surface area contributed by atoms with Crippen molar-refractivity contribution >= 4 is 34.2 Å². The van der Waals surface area contributed by atoms with Crippen molar-refractivity contribution in [2.45, 2.75) is 6.92 Å². The molecular weight excluding hydrogens is 301 g/mol. The van der Waals surface area contributed by atoms with Crippen LogP contribution >= 0.6 is 22.6 Å². The molecule has 0 bridgehead atoms. The van der Waals surface area contributed by atoms with E-state index in [4.69, 9.17) is 0 Å². The summed E-state index contributed by atoms with van der Waals surface area (Å²) in [5.41, 5.74) is 1.18. The summed E-state index contributed by atoms with van der Waals surface area (Å²) in [6, 6.07) is 7.89. The van der Waals surface area contributed by atoms with Crippen LogP contribution in [0.25, 0.3) is 0 Å². The van der Waals surface area contributed by atoms with Crippen LogP contribution in [0, 0.1) is 10.5 Å². The van der Waals surface area contributed by atoms with Crippen LogP contribution in [0.5, 0.6) is 0 Å². The molecule has 0 fully saturated rings. The van der Waals surface area contributed by atoms with Crippen LogP contribution in [0.2, 0.25) is 0 Å². The minimum atomic E-state index is 0.813. The van der Waals surface area contributed by atoms with Crippen molar-refractivity contribution in [3.05, 3.63) is 45.8 Å². The summed E-state index contributed by atoms with van der Waals surface area (Å²) >= 11 is 2.23. The lowest BCUT2D eigenvalue weighted by atomic mass is 10.3. The molecule has 76 valence electrons. The summed E-state index contributed by atoms with van der Waals surface area (Å²) in [5.74, 6) is 1.64. The van der Waals surface area contributed by atoms with Gasteiger partial charge in [0.15, 0.2) is 0 Å². The molecule has 0 saturated carbocycles. The molecule has 0 aliphatic rings. The van der Waals surface area contributed by atoms with Crippen LogP contribution in [0.15, 0.2) is 36.7 Å². The van der Waals surface area contributed by atoms with Crippen molar-refractivity contribution in [1.82, 2.24) is 9.97 Å². The number of rotatable bonds is 2. The Morgan fingerprint density at radius 2 is 2.00 bits per heavy atom. The van der Waals surface area contributed by atoms with Gasteiger partial charge in [-0.1, -0.05) is 0 Å². The predicted octanol–water partition coefficient (Wildman–Crippen LogP) is 3.13. The van der Waals surface area contributed by atoms with Gasteiger partial charge in [0.2, 0.25) is 0 Å². The first-order valence-corrected chi connectivity index (χ1v) is 5.63. The Hall–Kier alpha value is -1.17. The minimum Gasteiger partial charge on any atom is -0.325 e. The molecule has 2 aromatic heterocycles. The van der Waals surface area contributed by atoms with Gasteiger partial charge in [0.05, 0.1) is 0 Å². The first kappa shape index (κ1) is 10.4. The highest BCUT2D eigenvalue weighted by Crippen LogP contribution is 2.13. The van der Waals surface area contributed by atoms with Gasteiger partial charge in [-0.25, -0.2) is 9.97 Å². The zero-order valence-corrected chi connectivity index (χ0v) is 10.4. The van der Waals surface area contributed by atoms with E-state index in [1.807, 2.05) is 37.4 Å². The van der Waals surface area contributed by atoms with E-state index in [1.165, 1.54) is 5.56 Å². The number of nitrogens with one attached hydrogen (secondary N) is 1. The third kappa shape index (κ3) is 2.89. The zero-order chi connectivity index (χ0) is 10.7. The third-order valence-electron chi connectivity index (χ3n) is 1.90. The quantitative estimate of drug-likeness (QED) is 0.866. The molecule has 0 amide bonds. The predicted molar refractivity (Wildman–Crippen MR) is 69.2 cm³/mol. The highest BCUT2D eigenvalue weighted by atomic mass is 127. The van der Waals surface area contributed by atoms with E-state index in [2.05, 4.69) is 37.9 Å². The van der Waals surface area contributed by atoms with Crippen LogP contribution in [0.1, 0.15) is 5.56 Å². The first-order chi connectivity index (χ1) is 7.24. The summed E-state index contributed by atoms with van der Waals surface area (Å²) in [5, 5.41) is 3.15. The second-order valence-electron chi connectivity index (χ2n) is 3.21. The van der Waals surface area contributed by atoms with Gasteiger partial charge in [-0.15, -0.1) is 0 Å². The van der Waals surface area contributed by atoms with E-state index < -0.39 is 0 Å². The molecule has 0 aliphatic heterocycles. The van der Waals surface area contributed by atoms with Gasteiger partial charge in [0.1, 0.15) is 11.6 Å². The molecule has 3 nitrogen and oxygen atoms in total. The maximum atomic E-state index is 4.24. The Labute approximate surface area is 102 Å². The molecule has 0 aliphatic carbocycles. The molecule has 0 saturated heterocycles. The van der Waals surface area contributed by atoms with E-state index in [9.17, 15) is 0 Å². The zero-order valence-electron chi connectivity index (χ0n) is 8.24. The van der Waals surface area contributed by atoms with Gasteiger partial charge in [-0.3, -0.25) is 0 Å². The normalized spacial score (nSPS) is 10.0. The largest absolute Gasteiger partial charge is 0.325 e. The van der Waals surface area contributed by atoms with Crippen molar-refractivity contribution < 1.29 is 0 Å². The summed E-state index contributed by atoms with van der Waals surface area (Å²) in [6.07, 6.45) is 3.60. The number of hydrogen-bond acceptors (Lipinski definition) is 3. The van der Waals surface area contributed by atoms with E-state index in [-0.39, 0.29) is 0 Å². The second-order valence-corrected chi connectivity index (χ2v) is 4.45. The van der Waals surface area contributed by atoms with Gasteiger partial charge >= 0.3 is 0 Å². The lowest BCUT2D eigenvalue weighted by molar-refractivity contribution is 1.23. The van der Waals surface area contributed by atoms with E-state index in [0.717, 1.165) is 15.2 Å². The fraction of sp³-hybridized carbons (Fsp3) is 0.0909. The van der Waals surface area contributed by atoms with Gasteiger partial charge in [-0.05, 0) is 59.3 Å². The maximum Gasteiger partial charge on any atom is 0.131 e. The molecule has 0 spiro atoms. The van der Waals surface area contributed by atoms with Crippen LogP contribution in [0.3, 0.4) is 0 Å². The van der Waals surface area contributed by atoms with Crippen LogP contribution in [-0.4, -0.2) is 9.97 Å². The minimum absolute atomic E-state index is 0.813. The molecule has 2 rings (SSSR count). The number of aryl methyl sites for hydroxylation is 1. The monoisotopic (exact) mass is 311 g/mol. The molecule has 4 heteroatoms. The number of pyridine rings is 2. The fourth-order valence-corrected chi connectivity index (χ4v) is 1.50. The van der Waals surface area contributed by atoms with E-state index >= 15 is 0 Å². The standard InChI is InChI=1S/C11H10IN3/c1-8-4-5-13-11(6-8)15-10-3-2-9(12)7-14-10/h2-7H,1H3,(H,13,14,15). The molecular formula is C11H10IN3. The SMILES string of the molecule is Cc1ccnc(Nc2ccc(I)cn2)c1. The van der Waals surface area contributed by atoms with Crippen molar-refractivity contribution in [2.75, 3.05) is 5.32 Å². The molecule has 0 radical (unpaired) electrons. The third-order valence-corrected chi connectivity index (χ3v) is 2.54. The van der Waals surface area contributed by atoms with Crippen LogP contribution in [-0.2, 0) is 0 Å². The summed E-state index contributed by atoms with van der Waals surface area (Å²) in [7, 11) is 0. The second kappa shape index (κ2) is 4.57. The van der Waals surface area contributed by atoms with Crippen molar-refractivity contribution in [2.24, 2.45) is 0 Å². The highest BCUT2D eigenvalue weighted by molar-refractivity contribution is 14.1. The first-order valence-electron chi connectivity index (χ1n) is 4.55. The number of nitrogens with zero attached hydrogens (tertiary/aromatic N) is 2. The maximum absolute atomic E-state index is 4.24. The van der Waals surface area contributed by atoms with E-state index in [1.54, 1.807) is 6.20 Å². The Kier molecular flexibility index (Phi) is 3.15. The summed E-state index contributed by atoms with van der Waals surface area (Å²) in [6.45, 7) is 2.04. The van der Waals surface area contributed by atoms with Gasteiger partial charge in [0, 0.05) is 16.0 Å². The Morgan fingerprint density at radius 3 is 2.67 bits per heavy atom. The molecule has 0 aromatic carbocycles. The Bertz CT molecular complexity index is 454. The summed E-state index contributed by atoms with van der Waals surface area (Å²) in [4.78, 5) is 8.45. The van der Waals surface area contributed by atoms with Crippen molar-refractivity contribution in [3.8, 4) is 0 Å². The number of hydrogen-bond donors (Lipinski definition) is 1. The van der Waals surface area contributed by atoms with Gasteiger partial charge < -0.3 is 5.32 Å². The lowest BCUT2D eigenvalue weighted by Gasteiger charge is -2.04. The number of anilines is 2. The molecule has 2 aromatic rings. The number of aromatic nitrogens is 2. The highest BCUT2D eigenvalue weighted by Gasteiger charge is 1.96. The fourth-order valence-electron chi connectivity index (χ4n) is 1.19. The lowest BCUT2D eigenvalue weighted by Crippen LogP contribution is -1.95. The van der Waals surface area contributed by atoms with Crippen LogP contribution < -0.4 is 5.32 Å².